The Morgan fingerprint density at radius 2 is 1.54 bits per heavy atom. The van der Waals surface area contributed by atoms with Crippen molar-refractivity contribution >= 4 is 18.0 Å². The molecule has 5 rings (SSSR count). The van der Waals surface area contributed by atoms with Crippen LogP contribution in [0.1, 0.15) is 43.4 Å². The van der Waals surface area contributed by atoms with Crippen molar-refractivity contribution in [3.63, 3.8) is 0 Å². The molecule has 1 aliphatic carbocycles. The molecule has 41 heavy (non-hydrogen) atoms. The molecule has 3 atom stereocenters. The fraction of sp³-hybridized carbons (Fsp3) is 0.364. The first kappa shape index (κ1) is 28.4. The van der Waals surface area contributed by atoms with Crippen LogP contribution in [0.3, 0.4) is 0 Å². The predicted octanol–water partition coefficient (Wildman–Crippen LogP) is 5.07. The van der Waals surface area contributed by atoms with E-state index in [-0.39, 0.29) is 32.2 Å². The van der Waals surface area contributed by atoms with Crippen LogP contribution in [0, 0.1) is 11.3 Å². The molecule has 1 fully saturated rings. The van der Waals surface area contributed by atoms with Gasteiger partial charge in [0.1, 0.15) is 12.6 Å². The number of ether oxygens (including phenoxy) is 2. The third-order valence-corrected chi connectivity index (χ3v) is 8.26. The van der Waals surface area contributed by atoms with Crippen molar-refractivity contribution in [1.29, 1.82) is 0 Å². The van der Waals surface area contributed by atoms with Gasteiger partial charge in [-0.25, -0.2) is 4.79 Å². The second-order valence-corrected chi connectivity index (χ2v) is 11.5. The number of hydrogen-bond acceptors (Lipinski definition) is 5. The van der Waals surface area contributed by atoms with E-state index in [0.717, 1.165) is 27.8 Å². The topological polar surface area (TPSA) is 105 Å². The maximum Gasteiger partial charge on any atom is 0.407 e. The predicted molar refractivity (Wildman–Crippen MR) is 154 cm³/mol. The van der Waals surface area contributed by atoms with Crippen molar-refractivity contribution in [3.8, 4) is 11.1 Å². The van der Waals surface area contributed by atoms with Crippen molar-refractivity contribution in [3.05, 3.63) is 95.6 Å². The van der Waals surface area contributed by atoms with Gasteiger partial charge in [-0.3, -0.25) is 9.59 Å². The highest BCUT2D eigenvalue weighted by Crippen LogP contribution is 2.44. The van der Waals surface area contributed by atoms with Crippen LogP contribution in [-0.4, -0.2) is 59.8 Å². The van der Waals surface area contributed by atoms with Crippen LogP contribution in [0.5, 0.6) is 0 Å². The third-order valence-electron chi connectivity index (χ3n) is 8.26. The number of carbonyl (C=O) groups excluding carboxylic acids is 2. The van der Waals surface area contributed by atoms with Gasteiger partial charge in [-0.05, 0) is 40.2 Å². The Morgan fingerprint density at radius 1 is 0.951 bits per heavy atom. The lowest BCUT2D eigenvalue weighted by Crippen LogP contribution is -2.54. The minimum atomic E-state index is -1.06. The molecule has 0 bridgehead atoms. The lowest BCUT2D eigenvalue weighted by molar-refractivity contribution is -0.144. The van der Waals surface area contributed by atoms with Crippen LogP contribution < -0.4 is 5.32 Å². The van der Waals surface area contributed by atoms with E-state index < -0.39 is 41.4 Å². The van der Waals surface area contributed by atoms with Gasteiger partial charge in [0.05, 0.1) is 18.6 Å². The highest BCUT2D eigenvalue weighted by molar-refractivity contribution is 5.87. The molecule has 1 unspecified atom stereocenters. The second kappa shape index (κ2) is 11.7. The van der Waals surface area contributed by atoms with Gasteiger partial charge in [0.2, 0.25) is 5.91 Å². The molecule has 0 aromatic heterocycles. The van der Waals surface area contributed by atoms with Crippen LogP contribution in [0.4, 0.5) is 4.79 Å². The summed E-state index contributed by atoms with van der Waals surface area (Å²) in [5, 5.41) is 12.5. The minimum Gasteiger partial charge on any atom is -0.481 e. The van der Waals surface area contributed by atoms with Crippen LogP contribution in [0.2, 0.25) is 0 Å². The molecule has 3 aromatic rings. The summed E-state index contributed by atoms with van der Waals surface area (Å²) in [7, 11) is 0. The van der Waals surface area contributed by atoms with E-state index in [0.29, 0.717) is 0 Å². The maximum absolute atomic E-state index is 13.8. The van der Waals surface area contributed by atoms with Crippen molar-refractivity contribution < 1.29 is 29.0 Å². The molecule has 8 nitrogen and oxygen atoms in total. The quantitative estimate of drug-likeness (QED) is 0.381. The Labute approximate surface area is 240 Å². The van der Waals surface area contributed by atoms with Crippen LogP contribution in [0.15, 0.2) is 78.9 Å². The van der Waals surface area contributed by atoms with E-state index in [1.807, 2.05) is 80.6 Å². The van der Waals surface area contributed by atoms with Crippen LogP contribution in [0.25, 0.3) is 11.1 Å². The highest BCUT2D eigenvalue weighted by atomic mass is 16.5. The first-order chi connectivity index (χ1) is 19.7. The van der Waals surface area contributed by atoms with E-state index in [4.69, 9.17) is 9.47 Å². The van der Waals surface area contributed by atoms with E-state index in [1.54, 1.807) is 6.92 Å². The Kier molecular flexibility index (Phi) is 8.13. The van der Waals surface area contributed by atoms with E-state index in [9.17, 15) is 19.5 Å². The van der Waals surface area contributed by atoms with Gasteiger partial charge in [0.15, 0.2) is 0 Å². The van der Waals surface area contributed by atoms with Crippen molar-refractivity contribution in [2.45, 2.75) is 45.4 Å². The van der Waals surface area contributed by atoms with E-state index in [1.165, 1.54) is 4.90 Å². The number of rotatable bonds is 9. The number of carbonyl (C=O) groups is 3. The number of carboxylic acids is 1. The van der Waals surface area contributed by atoms with E-state index in [2.05, 4.69) is 17.4 Å². The Bertz CT molecular complexity index is 1380. The summed E-state index contributed by atoms with van der Waals surface area (Å²) in [6.07, 6.45) is -1.43. The molecule has 2 amide bonds. The number of fused-ring (bicyclic) bond motifs is 3. The fourth-order valence-electron chi connectivity index (χ4n) is 5.96. The average Bonchev–Trinajstić information content (AvgIpc) is 3.47. The molecule has 2 N–H and O–H groups in total. The van der Waals surface area contributed by atoms with Gasteiger partial charge in [-0.1, -0.05) is 92.7 Å². The zero-order valence-electron chi connectivity index (χ0n) is 23.6. The summed E-state index contributed by atoms with van der Waals surface area (Å²) >= 11 is 0. The summed E-state index contributed by atoms with van der Waals surface area (Å²) in [5.41, 5.74) is 4.75. The lowest BCUT2D eigenvalue weighted by atomic mass is 9.82. The Balaban J connectivity index is 1.30. The summed E-state index contributed by atoms with van der Waals surface area (Å²) in [6, 6.07) is 24.6. The minimum absolute atomic E-state index is 0.0649. The zero-order chi connectivity index (χ0) is 29.1. The molecular weight excluding hydrogens is 520 g/mol. The summed E-state index contributed by atoms with van der Waals surface area (Å²) in [6.45, 7) is 6.08. The smallest absolute Gasteiger partial charge is 0.407 e. The number of alkyl carbamates (subject to hydrolysis) is 1. The molecule has 1 saturated heterocycles. The number of benzene rings is 3. The average molecular weight is 557 g/mol. The Morgan fingerprint density at radius 3 is 2.12 bits per heavy atom. The van der Waals surface area contributed by atoms with Crippen molar-refractivity contribution in [1.82, 2.24) is 10.2 Å². The number of hydrogen-bond donors (Lipinski definition) is 2. The molecule has 2 aliphatic rings. The van der Waals surface area contributed by atoms with Gasteiger partial charge in [-0.15, -0.1) is 0 Å². The standard InChI is InChI=1S/C33H36N2O6/c1-21(40-18-22-11-5-4-6-12-22)29(30(36)35-17-28(31(37)38)33(2,3)20-35)34-32(39)41-19-27-25-15-9-7-13-23(25)24-14-8-10-16-26(24)27/h4-16,21,27-29H,17-20H2,1-3H3,(H,34,39)(H,37,38)/t21-,28?,29+/m0/s1. The first-order valence-corrected chi connectivity index (χ1v) is 13.9. The number of carboxylic acid groups (broad SMARTS) is 1. The third kappa shape index (κ3) is 5.98. The van der Waals surface area contributed by atoms with Gasteiger partial charge >= 0.3 is 12.1 Å². The molecule has 8 heteroatoms. The maximum atomic E-state index is 13.8. The molecule has 214 valence electrons. The van der Waals surface area contributed by atoms with Crippen LogP contribution in [-0.2, 0) is 25.7 Å². The van der Waals surface area contributed by atoms with Crippen molar-refractivity contribution in [2.75, 3.05) is 19.7 Å². The summed E-state index contributed by atoms with van der Waals surface area (Å²) < 4.78 is 11.8. The van der Waals surface area contributed by atoms with Gasteiger partial charge < -0.3 is 24.8 Å². The number of likely N-dealkylation sites (tertiary alicyclic amines) is 1. The van der Waals surface area contributed by atoms with E-state index >= 15 is 0 Å². The molecule has 0 saturated carbocycles. The van der Waals surface area contributed by atoms with Gasteiger partial charge in [-0.2, -0.15) is 0 Å². The fourth-order valence-corrected chi connectivity index (χ4v) is 5.96. The second-order valence-electron chi connectivity index (χ2n) is 11.5. The molecular formula is C33H36N2O6. The number of nitrogens with zero attached hydrogens (tertiary/aromatic N) is 1. The molecule has 1 aliphatic heterocycles. The Hall–Kier alpha value is -4.17. The SMILES string of the molecule is C[C@H](OCc1ccccc1)[C@@H](NC(=O)OCC1c2ccccc2-c2ccccc21)C(=O)N1CC(C(=O)O)C(C)(C)C1. The monoisotopic (exact) mass is 556 g/mol. The summed E-state index contributed by atoms with van der Waals surface area (Å²) in [5.74, 6) is -2.16. The largest absolute Gasteiger partial charge is 0.481 e. The molecule has 1 heterocycles. The zero-order valence-corrected chi connectivity index (χ0v) is 23.6. The molecule has 0 spiro atoms. The van der Waals surface area contributed by atoms with Gasteiger partial charge in [0, 0.05) is 19.0 Å². The lowest BCUT2D eigenvalue weighted by Gasteiger charge is -2.29. The first-order valence-electron chi connectivity index (χ1n) is 13.9. The molecule has 3 aromatic carbocycles. The summed E-state index contributed by atoms with van der Waals surface area (Å²) in [4.78, 5) is 40.3. The highest BCUT2D eigenvalue weighted by Gasteiger charge is 2.47. The number of aliphatic carboxylic acids is 1. The molecule has 0 radical (unpaired) electrons. The number of nitrogens with one attached hydrogen (secondary N) is 1. The number of amides is 2. The van der Waals surface area contributed by atoms with Gasteiger partial charge in [0.25, 0.3) is 0 Å². The van der Waals surface area contributed by atoms with Crippen molar-refractivity contribution in [2.24, 2.45) is 11.3 Å². The van der Waals surface area contributed by atoms with Crippen LogP contribution >= 0.6 is 0 Å². The normalized spacial score (nSPS) is 18.7.